The second-order valence-corrected chi connectivity index (χ2v) is 7.30. The molecular weight excluding hydrogens is 406 g/mol. The summed E-state index contributed by atoms with van der Waals surface area (Å²) >= 11 is 6.45. The van der Waals surface area contributed by atoms with Crippen LogP contribution in [0.25, 0.3) is 45.4 Å². The van der Waals surface area contributed by atoms with E-state index in [0.717, 1.165) is 27.9 Å². The number of benzene rings is 3. The molecule has 0 aliphatic carbocycles. The van der Waals surface area contributed by atoms with E-state index in [2.05, 4.69) is 9.97 Å². The highest BCUT2D eigenvalue weighted by Crippen LogP contribution is 2.30. The minimum absolute atomic E-state index is 0.547. The van der Waals surface area contributed by atoms with Gasteiger partial charge in [0.25, 0.3) is 0 Å². The highest BCUT2D eigenvalue weighted by Gasteiger charge is 2.13. The molecule has 5 nitrogen and oxygen atoms in total. The van der Waals surface area contributed by atoms with Crippen molar-refractivity contribution < 1.29 is 0 Å². The van der Waals surface area contributed by atoms with Crippen molar-refractivity contribution in [2.45, 2.75) is 0 Å². The Morgan fingerprint density at radius 2 is 1.10 bits per heavy atom. The molecule has 5 aromatic rings. The summed E-state index contributed by atoms with van der Waals surface area (Å²) in [6.07, 6.45) is 3.22. The van der Waals surface area contributed by atoms with Crippen LogP contribution in [0.3, 0.4) is 0 Å². The second kappa shape index (κ2) is 8.42. The van der Waals surface area contributed by atoms with Crippen LogP contribution in [0.5, 0.6) is 0 Å². The van der Waals surface area contributed by atoms with Crippen LogP contribution in [0.2, 0.25) is 5.02 Å². The summed E-state index contributed by atoms with van der Waals surface area (Å²) in [5.41, 5.74) is 4.27. The fraction of sp³-hybridized carbons (Fsp3) is 0. The lowest BCUT2D eigenvalue weighted by atomic mass is 10.1. The van der Waals surface area contributed by atoms with Crippen molar-refractivity contribution in [1.29, 1.82) is 0 Å². The predicted molar refractivity (Wildman–Crippen MR) is 122 cm³/mol. The molecule has 0 saturated carbocycles. The molecule has 0 atom stereocenters. The normalized spacial score (nSPS) is 10.7. The Hall–Kier alpha value is -3.96. The van der Waals surface area contributed by atoms with Crippen LogP contribution in [0.4, 0.5) is 0 Å². The minimum atomic E-state index is 0.547. The quantitative estimate of drug-likeness (QED) is 0.357. The molecule has 0 amide bonds. The smallest absolute Gasteiger partial charge is 0.164 e. The number of nitrogens with zero attached hydrogens (tertiary/aromatic N) is 5. The molecule has 5 rings (SSSR count). The third kappa shape index (κ3) is 4.17. The third-order valence-corrected chi connectivity index (χ3v) is 4.95. The van der Waals surface area contributed by atoms with Gasteiger partial charge in [-0.15, -0.1) is 0 Å². The van der Waals surface area contributed by atoms with Gasteiger partial charge in [-0.1, -0.05) is 72.3 Å². The summed E-state index contributed by atoms with van der Waals surface area (Å²) < 4.78 is 0. The molecule has 0 aliphatic heterocycles. The van der Waals surface area contributed by atoms with Gasteiger partial charge in [-0.2, -0.15) is 0 Å². The maximum atomic E-state index is 6.45. The van der Waals surface area contributed by atoms with Crippen molar-refractivity contribution in [2.75, 3.05) is 0 Å². The molecule has 0 aliphatic rings. The lowest BCUT2D eigenvalue weighted by molar-refractivity contribution is 1.07. The van der Waals surface area contributed by atoms with Crippen LogP contribution in [0.1, 0.15) is 0 Å². The Morgan fingerprint density at radius 1 is 0.548 bits per heavy atom. The summed E-state index contributed by atoms with van der Waals surface area (Å²) in [6, 6.07) is 27.3. The van der Waals surface area contributed by atoms with E-state index in [1.807, 2.05) is 84.9 Å². The van der Waals surface area contributed by atoms with Crippen LogP contribution < -0.4 is 0 Å². The summed E-state index contributed by atoms with van der Waals surface area (Å²) in [6.45, 7) is 0. The first-order valence-electron chi connectivity index (χ1n) is 9.70. The van der Waals surface area contributed by atoms with Crippen molar-refractivity contribution >= 4 is 11.6 Å². The van der Waals surface area contributed by atoms with E-state index in [4.69, 9.17) is 26.6 Å². The summed E-state index contributed by atoms with van der Waals surface area (Å²) in [5.74, 6) is 1.76. The average molecular weight is 422 g/mol. The summed E-state index contributed by atoms with van der Waals surface area (Å²) in [4.78, 5) is 22.6. The monoisotopic (exact) mass is 421 g/mol. The number of hydrogen-bond donors (Lipinski definition) is 0. The highest BCUT2D eigenvalue weighted by molar-refractivity contribution is 6.31. The first-order valence-corrected chi connectivity index (χ1v) is 10.1. The zero-order valence-electron chi connectivity index (χ0n) is 16.4. The van der Waals surface area contributed by atoms with E-state index >= 15 is 0 Å². The molecule has 0 N–H and O–H groups in total. The van der Waals surface area contributed by atoms with E-state index < -0.39 is 0 Å². The van der Waals surface area contributed by atoms with Crippen LogP contribution in [-0.2, 0) is 0 Å². The standard InChI is InChI=1S/C25H16ClN5/c26-21-14-19(22-11-12-27-16-28-22)13-20(15-21)25-30-23(17-7-3-1-4-8-17)29-24(31-25)18-9-5-2-6-10-18/h1-16H. The molecule has 3 aromatic carbocycles. The SMILES string of the molecule is Clc1cc(-c2ccncn2)cc(-c2nc(-c3ccccc3)nc(-c3ccccc3)n2)c1. The maximum Gasteiger partial charge on any atom is 0.164 e. The number of aromatic nitrogens is 5. The van der Waals surface area contributed by atoms with E-state index in [-0.39, 0.29) is 0 Å². The molecule has 148 valence electrons. The second-order valence-electron chi connectivity index (χ2n) is 6.86. The van der Waals surface area contributed by atoms with Crippen molar-refractivity contribution in [3.63, 3.8) is 0 Å². The molecule has 0 spiro atoms. The first-order chi connectivity index (χ1) is 15.3. The molecule has 0 saturated heterocycles. The van der Waals surface area contributed by atoms with Gasteiger partial charge in [0.05, 0.1) is 5.69 Å². The fourth-order valence-corrected chi connectivity index (χ4v) is 3.50. The van der Waals surface area contributed by atoms with E-state index in [1.165, 1.54) is 6.33 Å². The third-order valence-electron chi connectivity index (χ3n) is 4.73. The molecular formula is C25H16ClN5. The largest absolute Gasteiger partial charge is 0.245 e. The minimum Gasteiger partial charge on any atom is -0.245 e. The van der Waals surface area contributed by atoms with Crippen LogP contribution in [0.15, 0.2) is 97.5 Å². The molecule has 6 heteroatoms. The Morgan fingerprint density at radius 3 is 1.65 bits per heavy atom. The van der Waals surface area contributed by atoms with Crippen molar-refractivity contribution in [2.24, 2.45) is 0 Å². The summed E-state index contributed by atoms with van der Waals surface area (Å²) in [5, 5.41) is 0.578. The van der Waals surface area contributed by atoms with Gasteiger partial charge in [0.15, 0.2) is 17.5 Å². The van der Waals surface area contributed by atoms with Crippen molar-refractivity contribution in [1.82, 2.24) is 24.9 Å². The van der Waals surface area contributed by atoms with Gasteiger partial charge in [-0.25, -0.2) is 24.9 Å². The molecule has 2 aromatic heterocycles. The topological polar surface area (TPSA) is 64.5 Å². The van der Waals surface area contributed by atoms with Gasteiger partial charge in [0.1, 0.15) is 6.33 Å². The molecule has 0 radical (unpaired) electrons. The number of hydrogen-bond acceptors (Lipinski definition) is 5. The van der Waals surface area contributed by atoms with Crippen molar-refractivity contribution in [3.05, 3.63) is 102 Å². The number of rotatable bonds is 4. The average Bonchev–Trinajstić information content (AvgIpc) is 2.85. The van der Waals surface area contributed by atoms with Gasteiger partial charge in [-0.05, 0) is 24.3 Å². The van der Waals surface area contributed by atoms with E-state index in [9.17, 15) is 0 Å². The molecule has 0 bridgehead atoms. The Kier molecular flexibility index (Phi) is 5.17. The molecule has 2 heterocycles. The van der Waals surface area contributed by atoms with Gasteiger partial charge in [0, 0.05) is 33.5 Å². The lowest BCUT2D eigenvalue weighted by Crippen LogP contribution is -2.00. The Bertz CT molecular complexity index is 1270. The Balaban J connectivity index is 1.70. The maximum absolute atomic E-state index is 6.45. The van der Waals surface area contributed by atoms with E-state index in [1.54, 1.807) is 6.20 Å². The summed E-state index contributed by atoms with van der Waals surface area (Å²) in [7, 11) is 0. The van der Waals surface area contributed by atoms with Gasteiger partial charge < -0.3 is 0 Å². The van der Waals surface area contributed by atoms with E-state index in [0.29, 0.717) is 22.5 Å². The van der Waals surface area contributed by atoms with Gasteiger partial charge >= 0.3 is 0 Å². The first kappa shape index (κ1) is 19.0. The predicted octanol–water partition coefficient (Wildman–Crippen LogP) is 5.98. The fourth-order valence-electron chi connectivity index (χ4n) is 3.27. The molecule has 0 fully saturated rings. The number of halogens is 1. The molecule has 0 unspecified atom stereocenters. The Labute approximate surface area is 184 Å². The van der Waals surface area contributed by atoms with Crippen LogP contribution >= 0.6 is 11.6 Å². The highest BCUT2D eigenvalue weighted by atomic mass is 35.5. The van der Waals surface area contributed by atoms with Gasteiger partial charge in [0.2, 0.25) is 0 Å². The lowest BCUT2D eigenvalue weighted by Gasteiger charge is -2.10. The van der Waals surface area contributed by atoms with Gasteiger partial charge in [-0.3, -0.25) is 0 Å². The molecule has 31 heavy (non-hydrogen) atoms. The van der Waals surface area contributed by atoms with Crippen LogP contribution in [-0.4, -0.2) is 24.9 Å². The zero-order chi connectivity index (χ0) is 21.0. The van der Waals surface area contributed by atoms with Crippen LogP contribution in [0, 0.1) is 0 Å². The zero-order valence-corrected chi connectivity index (χ0v) is 17.1. The van der Waals surface area contributed by atoms with Crippen molar-refractivity contribution in [3.8, 4) is 45.4 Å².